The van der Waals surface area contributed by atoms with E-state index in [1.807, 2.05) is 0 Å². The van der Waals surface area contributed by atoms with Gasteiger partial charge in [-0.2, -0.15) is 18.3 Å². The predicted molar refractivity (Wildman–Crippen MR) is 155 cm³/mol. The van der Waals surface area contributed by atoms with Crippen LogP contribution >= 0.6 is 11.8 Å². The molecule has 2 saturated heterocycles. The van der Waals surface area contributed by atoms with Gasteiger partial charge in [0.05, 0.1) is 29.3 Å². The number of imide groups is 1. The predicted octanol–water partition coefficient (Wildman–Crippen LogP) is 6.64. The third kappa shape index (κ3) is 6.51. The molecular weight excluding hydrogens is 585 g/mol. The standard InChI is InChI=1S/C30H31F3N4O5S/c1-29(2,3)42-27(39)36-11-9-20(10-12-36)37-26(38)25(43-28(37)40)22(17-6-8-24-19(13-17)16-34-35-24)14-18-5-7-21(41-4)15-23(18)30(31,32)33/h5-8,13,15-16,20H,9-12,14H2,1-4H3,(H,34,35)/b25-22-. The average molecular weight is 617 g/mol. The lowest BCUT2D eigenvalue weighted by Gasteiger charge is -2.36. The van der Waals surface area contributed by atoms with E-state index in [1.54, 1.807) is 50.1 Å². The van der Waals surface area contributed by atoms with Gasteiger partial charge in [-0.1, -0.05) is 12.1 Å². The summed E-state index contributed by atoms with van der Waals surface area (Å²) >= 11 is 0.724. The summed E-state index contributed by atoms with van der Waals surface area (Å²) in [7, 11) is 1.29. The van der Waals surface area contributed by atoms with Gasteiger partial charge in [-0.25, -0.2) is 4.79 Å². The molecule has 9 nitrogen and oxygen atoms in total. The number of carbonyl (C=O) groups is 3. The average Bonchev–Trinajstić information content (AvgIpc) is 3.53. The van der Waals surface area contributed by atoms with Gasteiger partial charge >= 0.3 is 12.3 Å². The van der Waals surface area contributed by atoms with Crippen molar-refractivity contribution in [2.24, 2.45) is 0 Å². The number of methoxy groups -OCH3 is 1. The van der Waals surface area contributed by atoms with Gasteiger partial charge in [-0.15, -0.1) is 0 Å². The topological polar surface area (TPSA) is 105 Å². The molecule has 228 valence electrons. The number of ether oxygens (including phenoxy) is 2. The Kier molecular flexibility index (Phi) is 8.21. The number of piperidine rings is 1. The summed E-state index contributed by atoms with van der Waals surface area (Å²) in [5.41, 5.74) is -0.0838. The monoisotopic (exact) mass is 616 g/mol. The Labute approximate surface area is 250 Å². The maximum Gasteiger partial charge on any atom is 0.416 e. The number of rotatable bonds is 5. The van der Waals surface area contributed by atoms with E-state index in [2.05, 4.69) is 10.2 Å². The van der Waals surface area contributed by atoms with Gasteiger partial charge in [0.15, 0.2) is 0 Å². The molecule has 3 heterocycles. The van der Waals surface area contributed by atoms with E-state index >= 15 is 0 Å². The van der Waals surface area contributed by atoms with Crippen molar-refractivity contribution in [1.29, 1.82) is 0 Å². The largest absolute Gasteiger partial charge is 0.497 e. The number of benzene rings is 2. The molecule has 1 aromatic heterocycles. The van der Waals surface area contributed by atoms with Crippen LogP contribution in [0.15, 0.2) is 47.5 Å². The molecule has 0 radical (unpaired) electrons. The van der Waals surface area contributed by atoms with Gasteiger partial charge in [0.1, 0.15) is 11.4 Å². The first kappa shape index (κ1) is 30.5. The molecule has 0 atom stereocenters. The molecule has 2 aliphatic heterocycles. The van der Waals surface area contributed by atoms with E-state index in [4.69, 9.17) is 9.47 Å². The minimum absolute atomic E-state index is 0.0514. The zero-order valence-electron chi connectivity index (χ0n) is 24.1. The highest BCUT2D eigenvalue weighted by atomic mass is 32.2. The SMILES string of the molecule is COc1ccc(C/C(=C2/SC(=O)N(C3CCN(C(=O)OC(C)(C)C)CC3)C2=O)c2ccc3[nH]ncc3c2)c(C(F)(F)F)c1. The molecule has 13 heteroatoms. The quantitative estimate of drug-likeness (QED) is 0.321. The molecule has 5 rings (SSSR count). The van der Waals surface area contributed by atoms with E-state index in [-0.39, 0.29) is 22.6 Å². The fraction of sp³-hybridized carbons (Fsp3) is 0.400. The van der Waals surface area contributed by atoms with Crippen molar-refractivity contribution in [3.05, 3.63) is 64.2 Å². The van der Waals surface area contributed by atoms with Gasteiger partial charge in [-0.3, -0.25) is 19.6 Å². The van der Waals surface area contributed by atoms with E-state index in [1.165, 1.54) is 24.1 Å². The van der Waals surface area contributed by atoms with Gasteiger partial charge in [0.2, 0.25) is 0 Å². The van der Waals surface area contributed by atoms with Crippen molar-refractivity contribution in [3.63, 3.8) is 0 Å². The normalized spacial score (nSPS) is 18.0. The Morgan fingerprint density at radius 2 is 1.81 bits per heavy atom. The summed E-state index contributed by atoms with van der Waals surface area (Å²) in [6.45, 7) is 5.91. The molecular formula is C30H31F3N4O5S. The van der Waals surface area contributed by atoms with Crippen molar-refractivity contribution in [3.8, 4) is 5.75 Å². The number of H-pyrrole nitrogens is 1. The number of hydrogen-bond acceptors (Lipinski definition) is 7. The fourth-order valence-electron chi connectivity index (χ4n) is 5.25. The van der Waals surface area contributed by atoms with Gasteiger partial charge in [0, 0.05) is 24.5 Å². The molecule has 0 saturated carbocycles. The highest BCUT2D eigenvalue weighted by Gasteiger charge is 2.43. The first-order valence-electron chi connectivity index (χ1n) is 13.7. The summed E-state index contributed by atoms with van der Waals surface area (Å²) < 4.78 is 52.9. The highest BCUT2D eigenvalue weighted by Crippen LogP contribution is 2.43. The Morgan fingerprint density at radius 3 is 2.47 bits per heavy atom. The first-order valence-corrected chi connectivity index (χ1v) is 14.5. The van der Waals surface area contributed by atoms with Crippen LogP contribution in [0.25, 0.3) is 16.5 Å². The minimum atomic E-state index is -4.68. The van der Waals surface area contributed by atoms with Gasteiger partial charge in [-0.05, 0) is 92.8 Å². The maximum atomic E-state index is 14.1. The molecule has 1 N–H and O–H groups in total. The summed E-state index contributed by atoms with van der Waals surface area (Å²) in [5.74, 6) is -0.509. The van der Waals surface area contributed by atoms with Crippen molar-refractivity contribution in [2.45, 2.75) is 57.9 Å². The lowest BCUT2D eigenvalue weighted by atomic mass is 9.93. The maximum absolute atomic E-state index is 14.1. The summed E-state index contributed by atoms with van der Waals surface area (Å²) in [5, 5.41) is 7.05. The number of allylic oxidation sites excluding steroid dienone is 1. The smallest absolute Gasteiger partial charge is 0.416 e. The second-order valence-corrected chi connectivity index (χ2v) is 12.4. The van der Waals surface area contributed by atoms with Crippen LogP contribution in [-0.4, -0.2) is 69.1 Å². The van der Waals surface area contributed by atoms with E-state index in [0.717, 1.165) is 17.8 Å². The number of alkyl halides is 3. The Bertz CT molecular complexity index is 1600. The van der Waals surface area contributed by atoms with Crippen molar-refractivity contribution >= 4 is 45.5 Å². The number of hydrogen-bond donors (Lipinski definition) is 1. The zero-order valence-corrected chi connectivity index (χ0v) is 24.9. The molecule has 2 fully saturated rings. The number of nitrogens with one attached hydrogen (secondary N) is 1. The number of fused-ring (bicyclic) bond motifs is 1. The van der Waals surface area contributed by atoms with E-state index in [9.17, 15) is 27.6 Å². The van der Waals surface area contributed by atoms with E-state index < -0.39 is 40.6 Å². The molecule has 3 amide bonds. The third-order valence-corrected chi connectivity index (χ3v) is 8.33. The van der Waals surface area contributed by atoms with Crippen LogP contribution in [0.4, 0.5) is 22.8 Å². The molecule has 0 aliphatic carbocycles. The lowest BCUT2D eigenvalue weighted by Crippen LogP contribution is -2.49. The van der Waals surface area contributed by atoms with Crippen LogP contribution < -0.4 is 4.74 Å². The van der Waals surface area contributed by atoms with Crippen LogP contribution in [0.1, 0.15) is 50.3 Å². The Hall–Kier alpha value is -4.00. The molecule has 0 bridgehead atoms. The van der Waals surface area contributed by atoms with Crippen LogP contribution in [0.5, 0.6) is 5.75 Å². The number of thioether (sulfide) groups is 1. The van der Waals surface area contributed by atoms with Crippen molar-refractivity contribution < 1.29 is 37.0 Å². The summed E-state index contributed by atoms with van der Waals surface area (Å²) in [6.07, 6.45) is -3.10. The zero-order chi connectivity index (χ0) is 31.1. The second kappa shape index (κ2) is 11.6. The molecule has 2 aromatic carbocycles. The lowest BCUT2D eigenvalue weighted by molar-refractivity contribution is -0.138. The number of aromatic nitrogens is 2. The third-order valence-electron chi connectivity index (χ3n) is 7.33. The number of likely N-dealkylation sites (tertiary alicyclic amines) is 1. The van der Waals surface area contributed by atoms with Gasteiger partial charge in [0.25, 0.3) is 11.1 Å². The van der Waals surface area contributed by atoms with Crippen LogP contribution in [0, 0.1) is 0 Å². The fourth-order valence-corrected chi connectivity index (χ4v) is 6.25. The Morgan fingerprint density at radius 1 is 1.09 bits per heavy atom. The molecule has 43 heavy (non-hydrogen) atoms. The molecule has 3 aromatic rings. The summed E-state index contributed by atoms with van der Waals surface area (Å²) in [4.78, 5) is 42.5. The van der Waals surface area contributed by atoms with Crippen LogP contribution in [0.2, 0.25) is 0 Å². The number of carbonyl (C=O) groups excluding carboxylic acids is 3. The number of nitrogens with zero attached hydrogens (tertiary/aromatic N) is 3. The minimum Gasteiger partial charge on any atom is -0.497 e. The second-order valence-electron chi connectivity index (χ2n) is 11.4. The van der Waals surface area contributed by atoms with Gasteiger partial charge < -0.3 is 14.4 Å². The molecule has 0 spiro atoms. The number of halogens is 3. The number of aromatic amines is 1. The highest BCUT2D eigenvalue weighted by molar-refractivity contribution is 8.18. The van der Waals surface area contributed by atoms with Crippen molar-refractivity contribution in [1.82, 2.24) is 20.0 Å². The van der Waals surface area contributed by atoms with Crippen molar-refractivity contribution in [2.75, 3.05) is 20.2 Å². The van der Waals surface area contributed by atoms with E-state index in [0.29, 0.717) is 48.0 Å². The molecule has 2 aliphatic rings. The summed E-state index contributed by atoms with van der Waals surface area (Å²) in [6, 6.07) is 8.38. The van der Waals surface area contributed by atoms with Crippen LogP contribution in [0.3, 0.4) is 0 Å². The van der Waals surface area contributed by atoms with Crippen LogP contribution in [-0.2, 0) is 22.1 Å². The number of amides is 3. The first-order chi connectivity index (χ1) is 20.2. The Balaban J connectivity index is 1.49. The molecule has 0 unspecified atom stereocenters.